The lowest BCUT2D eigenvalue weighted by atomic mass is 10.1. The molecule has 1 aliphatic heterocycles. The Bertz CT molecular complexity index is 881. The first-order valence-corrected chi connectivity index (χ1v) is 9.86. The van der Waals surface area contributed by atoms with Gasteiger partial charge in [-0.05, 0) is 42.7 Å². The van der Waals surface area contributed by atoms with E-state index >= 15 is 0 Å². The fraction of sp³-hybridized carbons (Fsp3) is 0.350. The van der Waals surface area contributed by atoms with Gasteiger partial charge in [0.25, 0.3) is 5.69 Å². The van der Waals surface area contributed by atoms with Crippen molar-refractivity contribution in [3.05, 3.63) is 67.7 Å². The van der Waals surface area contributed by atoms with Crippen LogP contribution in [0, 0.1) is 10.1 Å². The smallest absolute Gasteiger partial charge is 0.338 e. The number of nitro groups is 1. The number of ether oxygens (including phenoxy) is 1. The molecular weight excluding hydrogens is 403 g/mol. The van der Waals surface area contributed by atoms with Gasteiger partial charge in [0, 0.05) is 19.2 Å². The van der Waals surface area contributed by atoms with E-state index in [0.29, 0.717) is 21.3 Å². The predicted molar refractivity (Wildman–Crippen MR) is 109 cm³/mol. The van der Waals surface area contributed by atoms with Gasteiger partial charge < -0.3 is 9.64 Å². The maximum atomic E-state index is 12.4. The standard InChI is InChI=1S/C20H20Cl2N2O4/c21-16-7-5-14(11-17(16)22)13-28-20(25)15-6-8-18(19(12-15)24(26)27)23-9-3-1-2-4-10-23/h5-8,11-12H,1-4,9-10,13H2. The fourth-order valence-corrected chi connectivity index (χ4v) is 3.56. The third-order valence-electron chi connectivity index (χ3n) is 4.71. The minimum absolute atomic E-state index is 0.00258. The van der Waals surface area contributed by atoms with E-state index < -0.39 is 10.9 Å². The van der Waals surface area contributed by atoms with E-state index in [9.17, 15) is 14.9 Å². The van der Waals surface area contributed by atoms with Gasteiger partial charge in [-0.3, -0.25) is 10.1 Å². The fourth-order valence-electron chi connectivity index (χ4n) is 3.24. The first-order chi connectivity index (χ1) is 13.5. The van der Waals surface area contributed by atoms with Gasteiger partial charge in [-0.15, -0.1) is 0 Å². The molecule has 148 valence electrons. The van der Waals surface area contributed by atoms with Crippen molar-refractivity contribution in [3.8, 4) is 0 Å². The molecule has 3 rings (SSSR count). The predicted octanol–water partition coefficient (Wildman–Crippen LogP) is 5.64. The van der Waals surface area contributed by atoms with Crippen molar-refractivity contribution in [1.29, 1.82) is 0 Å². The molecule has 2 aromatic carbocycles. The van der Waals surface area contributed by atoms with E-state index in [1.165, 1.54) is 6.07 Å². The van der Waals surface area contributed by atoms with Gasteiger partial charge >= 0.3 is 5.97 Å². The number of anilines is 1. The number of carbonyl (C=O) groups is 1. The topological polar surface area (TPSA) is 72.7 Å². The van der Waals surface area contributed by atoms with Gasteiger partial charge in [0.05, 0.1) is 20.5 Å². The maximum absolute atomic E-state index is 12.4. The molecule has 0 amide bonds. The molecule has 8 heteroatoms. The molecule has 1 heterocycles. The molecule has 0 bridgehead atoms. The second-order valence-corrected chi connectivity index (χ2v) is 7.50. The van der Waals surface area contributed by atoms with Crippen molar-refractivity contribution in [2.24, 2.45) is 0 Å². The molecule has 0 aromatic heterocycles. The quantitative estimate of drug-likeness (QED) is 0.354. The normalized spacial score (nSPS) is 14.4. The minimum Gasteiger partial charge on any atom is -0.457 e. The van der Waals surface area contributed by atoms with Gasteiger partial charge in [0.1, 0.15) is 12.3 Å². The summed E-state index contributed by atoms with van der Waals surface area (Å²) in [5.41, 5.74) is 1.29. The number of esters is 1. The van der Waals surface area contributed by atoms with Crippen LogP contribution in [-0.4, -0.2) is 24.0 Å². The van der Waals surface area contributed by atoms with Crippen molar-refractivity contribution < 1.29 is 14.5 Å². The lowest BCUT2D eigenvalue weighted by molar-refractivity contribution is -0.384. The summed E-state index contributed by atoms with van der Waals surface area (Å²) in [5.74, 6) is -0.628. The summed E-state index contributed by atoms with van der Waals surface area (Å²) in [4.78, 5) is 25.5. The number of hydrogen-bond acceptors (Lipinski definition) is 5. The highest BCUT2D eigenvalue weighted by molar-refractivity contribution is 6.42. The van der Waals surface area contributed by atoms with Gasteiger partial charge in [-0.2, -0.15) is 0 Å². The number of halogens is 2. The highest BCUT2D eigenvalue weighted by Gasteiger charge is 2.23. The number of rotatable bonds is 5. The molecule has 6 nitrogen and oxygen atoms in total. The molecule has 0 unspecified atom stereocenters. The third-order valence-corrected chi connectivity index (χ3v) is 5.45. The Morgan fingerprint density at radius 1 is 1.04 bits per heavy atom. The molecule has 28 heavy (non-hydrogen) atoms. The third kappa shape index (κ3) is 4.94. The Balaban J connectivity index is 1.75. The van der Waals surface area contributed by atoms with Crippen molar-refractivity contribution in [2.45, 2.75) is 32.3 Å². The van der Waals surface area contributed by atoms with Gasteiger partial charge in [0.2, 0.25) is 0 Å². The van der Waals surface area contributed by atoms with Crippen LogP contribution in [0.2, 0.25) is 10.0 Å². The molecule has 0 N–H and O–H groups in total. The number of hydrogen-bond donors (Lipinski definition) is 0. The van der Waals surface area contributed by atoms with Crippen LogP contribution in [0.1, 0.15) is 41.6 Å². The summed E-state index contributed by atoms with van der Waals surface area (Å²) in [6.45, 7) is 1.56. The van der Waals surface area contributed by atoms with Crippen molar-refractivity contribution >= 4 is 40.5 Å². The Hall–Kier alpha value is -2.31. The van der Waals surface area contributed by atoms with Gasteiger partial charge in [-0.1, -0.05) is 42.1 Å². The Morgan fingerprint density at radius 3 is 2.39 bits per heavy atom. The molecular formula is C20H20Cl2N2O4. The molecule has 1 fully saturated rings. The van der Waals surface area contributed by atoms with Crippen LogP contribution in [0.25, 0.3) is 0 Å². The van der Waals surface area contributed by atoms with Crippen LogP contribution in [0.4, 0.5) is 11.4 Å². The monoisotopic (exact) mass is 422 g/mol. The zero-order valence-electron chi connectivity index (χ0n) is 15.2. The van der Waals surface area contributed by atoms with Gasteiger partial charge in [-0.25, -0.2) is 4.79 Å². The Labute approximate surface area is 173 Å². The first-order valence-electron chi connectivity index (χ1n) is 9.10. The Kier molecular flexibility index (Phi) is 6.75. The maximum Gasteiger partial charge on any atom is 0.338 e. The van der Waals surface area contributed by atoms with Crippen LogP contribution in [-0.2, 0) is 11.3 Å². The number of nitro benzene ring substituents is 1. The van der Waals surface area contributed by atoms with Crippen molar-refractivity contribution in [1.82, 2.24) is 0 Å². The van der Waals surface area contributed by atoms with Crippen LogP contribution >= 0.6 is 23.2 Å². The molecule has 1 aliphatic rings. The molecule has 2 aromatic rings. The summed E-state index contributed by atoms with van der Waals surface area (Å²) >= 11 is 11.8. The van der Waals surface area contributed by atoms with E-state index in [-0.39, 0.29) is 17.9 Å². The van der Waals surface area contributed by atoms with Crippen molar-refractivity contribution in [2.75, 3.05) is 18.0 Å². The van der Waals surface area contributed by atoms with Crippen LogP contribution < -0.4 is 4.90 Å². The first kappa shape index (κ1) is 20.4. The van der Waals surface area contributed by atoms with Crippen LogP contribution in [0.5, 0.6) is 0 Å². The average Bonchev–Trinajstić information content (AvgIpc) is 2.97. The average molecular weight is 423 g/mol. The van der Waals surface area contributed by atoms with E-state index in [4.69, 9.17) is 27.9 Å². The van der Waals surface area contributed by atoms with Gasteiger partial charge in [0.15, 0.2) is 0 Å². The summed E-state index contributed by atoms with van der Waals surface area (Å²) in [6.07, 6.45) is 4.27. The number of benzene rings is 2. The number of nitrogens with zero attached hydrogens (tertiary/aromatic N) is 2. The lowest BCUT2D eigenvalue weighted by Crippen LogP contribution is -2.24. The van der Waals surface area contributed by atoms with Crippen LogP contribution in [0.15, 0.2) is 36.4 Å². The molecule has 0 spiro atoms. The van der Waals surface area contributed by atoms with Crippen LogP contribution in [0.3, 0.4) is 0 Å². The van der Waals surface area contributed by atoms with E-state index in [2.05, 4.69) is 0 Å². The number of carbonyl (C=O) groups excluding carboxylic acids is 1. The summed E-state index contributed by atoms with van der Waals surface area (Å²) in [6, 6.07) is 9.43. The highest BCUT2D eigenvalue weighted by Crippen LogP contribution is 2.31. The zero-order valence-corrected chi connectivity index (χ0v) is 16.7. The minimum atomic E-state index is -0.628. The summed E-state index contributed by atoms with van der Waals surface area (Å²) < 4.78 is 5.27. The molecule has 1 saturated heterocycles. The second kappa shape index (κ2) is 9.26. The molecule has 0 radical (unpaired) electrons. The second-order valence-electron chi connectivity index (χ2n) is 6.69. The lowest BCUT2D eigenvalue weighted by Gasteiger charge is -2.22. The van der Waals surface area contributed by atoms with E-state index in [1.54, 1.807) is 30.3 Å². The van der Waals surface area contributed by atoms with E-state index in [0.717, 1.165) is 38.8 Å². The Morgan fingerprint density at radius 2 is 1.75 bits per heavy atom. The summed E-state index contributed by atoms with van der Waals surface area (Å²) in [7, 11) is 0. The molecule has 0 saturated carbocycles. The largest absolute Gasteiger partial charge is 0.457 e. The zero-order chi connectivity index (χ0) is 20.1. The van der Waals surface area contributed by atoms with Crippen molar-refractivity contribution in [3.63, 3.8) is 0 Å². The summed E-state index contributed by atoms with van der Waals surface area (Å²) in [5, 5.41) is 12.4. The molecule has 0 aliphatic carbocycles. The van der Waals surface area contributed by atoms with E-state index in [1.807, 2.05) is 4.90 Å². The highest BCUT2D eigenvalue weighted by atomic mass is 35.5. The SMILES string of the molecule is O=C(OCc1ccc(Cl)c(Cl)c1)c1ccc(N2CCCCCC2)c([N+](=O)[O-])c1. The molecule has 0 atom stereocenters.